The van der Waals surface area contributed by atoms with E-state index in [1.54, 1.807) is 23.1 Å². The molecule has 1 aromatic heterocycles. The summed E-state index contributed by atoms with van der Waals surface area (Å²) in [5.41, 5.74) is 6.16. The first kappa shape index (κ1) is 14.0. The fraction of sp³-hybridized carbons (Fsp3) is 0.429. The Kier molecular flexibility index (Phi) is 4.31. The molecule has 0 spiro atoms. The number of aromatic nitrogens is 1. The van der Waals surface area contributed by atoms with Crippen LogP contribution in [-0.2, 0) is 16.0 Å². The fourth-order valence-corrected chi connectivity index (χ4v) is 2.34. The van der Waals surface area contributed by atoms with Crippen molar-refractivity contribution in [3.05, 3.63) is 29.6 Å². The summed E-state index contributed by atoms with van der Waals surface area (Å²) in [5, 5.41) is 8.78. The Morgan fingerprint density at radius 3 is 3.00 bits per heavy atom. The van der Waals surface area contributed by atoms with Crippen molar-refractivity contribution in [1.82, 2.24) is 9.88 Å². The molecule has 1 fully saturated rings. The van der Waals surface area contributed by atoms with Gasteiger partial charge in [-0.1, -0.05) is 6.07 Å². The number of nitrogens with zero attached hydrogens (tertiary/aromatic N) is 3. The number of likely N-dealkylation sites (tertiary alicyclic amines) is 1. The molecule has 0 unspecified atom stereocenters. The molecule has 0 aliphatic carbocycles. The second-order valence-electron chi connectivity index (χ2n) is 4.88. The van der Waals surface area contributed by atoms with Crippen molar-refractivity contribution in [3.8, 4) is 6.07 Å². The second-order valence-corrected chi connectivity index (χ2v) is 4.88. The lowest BCUT2D eigenvalue weighted by Crippen LogP contribution is -2.44. The topological polar surface area (TPSA) is 100 Å². The van der Waals surface area contributed by atoms with Gasteiger partial charge in [-0.15, -0.1) is 0 Å². The summed E-state index contributed by atoms with van der Waals surface area (Å²) in [5.74, 6) is -0.697. The van der Waals surface area contributed by atoms with Crippen molar-refractivity contribution in [2.24, 2.45) is 11.7 Å². The lowest BCUT2D eigenvalue weighted by atomic mass is 9.97. The third-order valence-electron chi connectivity index (χ3n) is 3.43. The molecular formula is C14H16N4O2. The zero-order valence-corrected chi connectivity index (χ0v) is 11.1. The van der Waals surface area contributed by atoms with Crippen molar-refractivity contribution in [1.29, 1.82) is 5.26 Å². The largest absolute Gasteiger partial charge is 0.369 e. The van der Waals surface area contributed by atoms with E-state index in [-0.39, 0.29) is 24.2 Å². The number of carbonyl (C=O) groups is 2. The van der Waals surface area contributed by atoms with Crippen LogP contribution in [0.2, 0.25) is 0 Å². The molecule has 104 valence electrons. The molecule has 1 saturated heterocycles. The number of carbonyl (C=O) groups excluding carboxylic acids is 2. The first-order valence-corrected chi connectivity index (χ1v) is 6.53. The molecule has 6 nitrogen and oxygen atoms in total. The Hall–Kier alpha value is -2.42. The Labute approximate surface area is 117 Å². The molecule has 0 bridgehead atoms. The van der Waals surface area contributed by atoms with Gasteiger partial charge in [0, 0.05) is 13.1 Å². The van der Waals surface area contributed by atoms with E-state index >= 15 is 0 Å². The molecule has 0 aromatic carbocycles. The average Bonchev–Trinajstić information content (AvgIpc) is 2.47. The summed E-state index contributed by atoms with van der Waals surface area (Å²) in [6.07, 6.45) is 1.66. The predicted octanol–water partition coefficient (Wildman–Crippen LogP) is 0.220. The van der Waals surface area contributed by atoms with Crippen molar-refractivity contribution < 1.29 is 9.59 Å². The SMILES string of the molecule is N#Cc1cccc(CC(=O)N2CCC[C@H](C(N)=O)C2)n1. The molecular weight excluding hydrogens is 256 g/mol. The van der Waals surface area contributed by atoms with Crippen LogP contribution < -0.4 is 5.73 Å². The standard InChI is InChI=1S/C14H16N4O2/c15-8-12-5-1-4-11(17-12)7-13(19)18-6-2-3-10(9-18)14(16)20/h1,4-5,10H,2-3,6-7,9H2,(H2,16,20)/t10-/m0/s1. The Bertz CT molecular complexity index is 565. The monoisotopic (exact) mass is 272 g/mol. The normalized spacial score (nSPS) is 18.4. The Morgan fingerprint density at radius 2 is 2.30 bits per heavy atom. The van der Waals surface area contributed by atoms with E-state index in [4.69, 9.17) is 11.0 Å². The van der Waals surface area contributed by atoms with E-state index in [2.05, 4.69) is 4.98 Å². The van der Waals surface area contributed by atoms with Crippen LogP contribution >= 0.6 is 0 Å². The van der Waals surface area contributed by atoms with Gasteiger partial charge in [0.15, 0.2) is 0 Å². The number of nitrogens with two attached hydrogens (primary N) is 1. The maximum atomic E-state index is 12.2. The number of rotatable bonds is 3. The highest BCUT2D eigenvalue weighted by molar-refractivity contribution is 5.81. The summed E-state index contributed by atoms with van der Waals surface area (Å²) in [4.78, 5) is 29.1. The second kappa shape index (κ2) is 6.15. The Balaban J connectivity index is 2.01. The number of amides is 2. The van der Waals surface area contributed by atoms with E-state index in [1.807, 2.05) is 6.07 Å². The smallest absolute Gasteiger partial charge is 0.228 e. The quantitative estimate of drug-likeness (QED) is 0.850. The third-order valence-corrected chi connectivity index (χ3v) is 3.43. The van der Waals surface area contributed by atoms with Gasteiger partial charge in [-0.05, 0) is 25.0 Å². The number of hydrogen-bond acceptors (Lipinski definition) is 4. The molecule has 2 amide bonds. The van der Waals surface area contributed by atoms with Crippen molar-refractivity contribution >= 4 is 11.8 Å². The van der Waals surface area contributed by atoms with Gasteiger partial charge in [0.1, 0.15) is 11.8 Å². The summed E-state index contributed by atoms with van der Waals surface area (Å²) >= 11 is 0. The summed E-state index contributed by atoms with van der Waals surface area (Å²) in [6, 6.07) is 6.96. The molecule has 6 heteroatoms. The molecule has 1 atom stereocenters. The number of primary amides is 1. The van der Waals surface area contributed by atoms with Gasteiger partial charge in [-0.25, -0.2) is 4.98 Å². The predicted molar refractivity (Wildman–Crippen MR) is 71.2 cm³/mol. The molecule has 1 aromatic rings. The first-order chi connectivity index (χ1) is 9.60. The summed E-state index contributed by atoms with van der Waals surface area (Å²) < 4.78 is 0. The van der Waals surface area contributed by atoms with Crippen molar-refractivity contribution in [3.63, 3.8) is 0 Å². The molecule has 1 aliphatic heterocycles. The highest BCUT2D eigenvalue weighted by atomic mass is 16.2. The minimum Gasteiger partial charge on any atom is -0.369 e. The highest BCUT2D eigenvalue weighted by Gasteiger charge is 2.26. The summed E-state index contributed by atoms with van der Waals surface area (Å²) in [7, 11) is 0. The van der Waals surface area contributed by atoms with Crippen LogP contribution in [0.25, 0.3) is 0 Å². The van der Waals surface area contributed by atoms with Crippen LogP contribution in [0.4, 0.5) is 0 Å². The van der Waals surface area contributed by atoms with Crippen LogP contribution in [0.5, 0.6) is 0 Å². The van der Waals surface area contributed by atoms with Gasteiger partial charge < -0.3 is 10.6 Å². The van der Waals surface area contributed by atoms with Gasteiger partial charge in [0.25, 0.3) is 0 Å². The molecule has 2 rings (SSSR count). The van der Waals surface area contributed by atoms with Crippen LogP contribution in [0.3, 0.4) is 0 Å². The molecule has 2 heterocycles. The first-order valence-electron chi connectivity index (χ1n) is 6.53. The van der Waals surface area contributed by atoms with Gasteiger partial charge in [0.2, 0.25) is 11.8 Å². The summed E-state index contributed by atoms with van der Waals surface area (Å²) in [6.45, 7) is 1.02. The van der Waals surface area contributed by atoms with E-state index in [0.29, 0.717) is 24.5 Å². The van der Waals surface area contributed by atoms with Crippen LogP contribution in [-0.4, -0.2) is 34.8 Å². The van der Waals surface area contributed by atoms with E-state index in [0.717, 1.165) is 12.8 Å². The van der Waals surface area contributed by atoms with Crippen molar-refractivity contribution in [2.75, 3.05) is 13.1 Å². The molecule has 1 aliphatic rings. The minimum absolute atomic E-state index is 0.0847. The van der Waals surface area contributed by atoms with Crippen LogP contribution in [0, 0.1) is 17.2 Å². The number of pyridine rings is 1. The lowest BCUT2D eigenvalue weighted by molar-refractivity contribution is -0.134. The maximum Gasteiger partial charge on any atom is 0.228 e. The lowest BCUT2D eigenvalue weighted by Gasteiger charge is -2.31. The van der Waals surface area contributed by atoms with Gasteiger partial charge in [-0.2, -0.15) is 5.26 Å². The van der Waals surface area contributed by atoms with E-state index in [1.165, 1.54) is 0 Å². The highest BCUT2D eigenvalue weighted by Crippen LogP contribution is 2.17. The molecule has 20 heavy (non-hydrogen) atoms. The zero-order chi connectivity index (χ0) is 14.5. The molecule has 2 N–H and O–H groups in total. The molecule has 0 saturated carbocycles. The van der Waals surface area contributed by atoms with Crippen LogP contribution in [0.1, 0.15) is 24.2 Å². The van der Waals surface area contributed by atoms with E-state index < -0.39 is 0 Å². The van der Waals surface area contributed by atoms with Crippen LogP contribution in [0.15, 0.2) is 18.2 Å². The van der Waals surface area contributed by atoms with E-state index in [9.17, 15) is 9.59 Å². The maximum absolute atomic E-state index is 12.2. The fourth-order valence-electron chi connectivity index (χ4n) is 2.34. The Morgan fingerprint density at radius 1 is 1.50 bits per heavy atom. The third kappa shape index (κ3) is 3.32. The number of nitriles is 1. The van der Waals surface area contributed by atoms with Crippen molar-refractivity contribution in [2.45, 2.75) is 19.3 Å². The zero-order valence-electron chi connectivity index (χ0n) is 11.1. The number of hydrogen-bond donors (Lipinski definition) is 1. The van der Waals surface area contributed by atoms with Gasteiger partial charge >= 0.3 is 0 Å². The van der Waals surface area contributed by atoms with Gasteiger partial charge in [-0.3, -0.25) is 9.59 Å². The van der Waals surface area contributed by atoms with Gasteiger partial charge in [0.05, 0.1) is 18.0 Å². The minimum atomic E-state index is -0.355. The molecule has 0 radical (unpaired) electrons. The average molecular weight is 272 g/mol. The number of piperidine rings is 1.